The number of rotatable bonds is 5. The molecule has 0 radical (unpaired) electrons. The fourth-order valence-electron chi connectivity index (χ4n) is 2.01. The van der Waals surface area contributed by atoms with E-state index in [4.69, 9.17) is 0 Å². The minimum Gasteiger partial charge on any atom is -0.508 e. The normalized spacial score (nSPS) is 10.1. The molecule has 110 valence electrons. The molecule has 1 aromatic carbocycles. The summed E-state index contributed by atoms with van der Waals surface area (Å²) in [7, 11) is 0. The average Bonchev–Trinajstić information content (AvgIpc) is 2.50. The number of hydrogen-bond donors (Lipinski definition) is 2. The summed E-state index contributed by atoms with van der Waals surface area (Å²) >= 11 is 0. The van der Waals surface area contributed by atoms with Crippen molar-refractivity contribution < 1.29 is 9.90 Å². The molecule has 1 heterocycles. The Bertz CT molecular complexity index is 587. The van der Waals surface area contributed by atoms with Gasteiger partial charge in [0.1, 0.15) is 5.75 Å². The number of aromatic hydroxyl groups is 1. The van der Waals surface area contributed by atoms with E-state index in [-0.39, 0.29) is 11.8 Å². The van der Waals surface area contributed by atoms with Gasteiger partial charge in [-0.1, -0.05) is 25.1 Å². The maximum atomic E-state index is 12.3. The number of aromatic nitrogens is 1. The lowest BCUT2D eigenvalue weighted by atomic mass is 10.2. The Labute approximate surface area is 124 Å². The van der Waals surface area contributed by atoms with Gasteiger partial charge in [-0.05, 0) is 24.6 Å². The number of benzene rings is 1. The average molecular weight is 285 g/mol. The topological polar surface area (TPSA) is 65.5 Å². The van der Waals surface area contributed by atoms with E-state index in [0.29, 0.717) is 18.8 Å². The Morgan fingerprint density at radius 3 is 2.76 bits per heavy atom. The van der Waals surface area contributed by atoms with Crippen LogP contribution in [-0.2, 0) is 6.54 Å². The van der Waals surface area contributed by atoms with Crippen molar-refractivity contribution in [2.75, 3.05) is 11.9 Å². The molecule has 0 atom stereocenters. The summed E-state index contributed by atoms with van der Waals surface area (Å²) in [4.78, 5) is 18.0. The Balaban J connectivity index is 2.08. The fourth-order valence-corrected chi connectivity index (χ4v) is 2.01. The molecule has 0 fully saturated rings. The quantitative estimate of drug-likeness (QED) is 0.886. The van der Waals surface area contributed by atoms with Crippen LogP contribution in [0.2, 0.25) is 0 Å². The minimum atomic E-state index is -0.201. The zero-order valence-electron chi connectivity index (χ0n) is 12.0. The summed E-state index contributed by atoms with van der Waals surface area (Å²) in [6, 6.07) is 10.4. The summed E-state index contributed by atoms with van der Waals surface area (Å²) in [5, 5.41) is 12.6. The summed E-state index contributed by atoms with van der Waals surface area (Å²) < 4.78 is 0. The molecule has 21 heavy (non-hydrogen) atoms. The van der Waals surface area contributed by atoms with Gasteiger partial charge < -0.3 is 15.3 Å². The van der Waals surface area contributed by atoms with Crippen LogP contribution in [0.3, 0.4) is 0 Å². The zero-order chi connectivity index (χ0) is 15.1. The predicted molar refractivity (Wildman–Crippen MR) is 82.1 cm³/mol. The van der Waals surface area contributed by atoms with Crippen LogP contribution in [-0.4, -0.2) is 27.6 Å². The lowest BCUT2D eigenvalue weighted by molar-refractivity contribution is 0.208. The molecule has 0 aliphatic carbocycles. The van der Waals surface area contributed by atoms with E-state index >= 15 is 0 Å². The first-order chi connectivity index (χ1) is 10.2. The van der Waals surface area contributed by atoms with Gasteiger partial charge in [-0.25, -0.2) is 4.79 Å². The number of phenolic OH excluding ortho intramolecular Hbond substituents is 1. The Morgan fingerprint density at radius 1 is 1.29 bits per heavy atom. The molecule has 0 unspecified atom stereocenters. The fraction of sp³-hybridized carbons (Fsp3) is 0.250. The van der Waals surface area contributed by atoms with Gasteiger partial charge in [-0.3, -0.25) is 4.98 Å². The number of phenols is 1. The molecule has 2 rings (SSSR count). The maximum absolute atomic E-state index is 12.3. The van der Waals surface area contributed by atoms with Crippen molar-refractivity contribution in [1.82, 2.24) is 9.88 Å². The van der Waals surface area contributed by atoms with E-state index in [1.807, 2.05) is 19.1 Å². The van der Waals surface area contributed by atoms with Gasteiger partial charge in [0.15, 0.2) is 0 Å². The molecule has 2 N–H and O–H groups in total. The van der Waals surface area contributed by atoms with Crippen LogP contribution in [0.4, 0.5) is 10.5 Å². The highest BCUT2D eigenvalue weighted by atomic mass is 16.3. The van der Waals surface area contributed by atoms with Gasteiger partial charge >= 0.3 is 6.03 Å². The molecular formula is C16H19N3O2. The second-order valence-corrected chi connectivity index (χ2v) is 4.72. The second-order valence-electron chi connectivity index (χ2n) is 4.72. The lowest BCUT2D eigenvalue weighted by Crippen LogP contribution is -2.35. The number of nitrogens with one attached hydrogen (secondary N) is 1. The summed E-state index contributed by atoms with van der Waals surface area (Å²) in [6.07, 6.45) is 4.09. The number of urea groups is 1. The van der Waals surface area contributed by atoms with Gasteiger partial charge in [-0.2, -0.15) is 0 Å². The monoisotopic (exact) mass is 285 g/mol. The minimum absolute atomic E-state index is 0.201. The number of amides is 2. The van der Waals surface area contributed by atoms with Gasteiger partial charge in [0.25, 0.3) is 0 Å². The molecule has 0 spiro atoms. The standard InChI is InChI=1S/C16H19N3O2/c1-2-10-19(12-13-6-3-4-8-15(13)20)16(21)18-14-7-5-9-17-11-14/h3-9,11,20H,2,10,12H2,1H3,(H,18,21). The van der Waals surface area contributed by atoms with Crippen LogP contribution < -0.4 is 5.32 Å². The van der Waals surface area contributed by atoms with E-state index in [1.54, 1.807) is 41.6 Å². The molecular weight excluding hydrogens is 266 g/mol. The van der Waals surface area contributed by atoms with E-state index in [1.165, 1.54) is 0 Å². The smallest absolute Gasteiger partial charge is 0.322 e. The van der Waals surface area contributed by atoms with Crippen molar-refractivity contribution in [2.45, 2.75) is 19.9 Å². The van der Waals surface area contributed by atoms with E-state index in [2.05, 4.69) is 10.3 Å². The van der Waals surface area contributed by atoms with Crippen molar-refractivity contribution in [3.8, 4) is 5.75 Å². The molecule has 2 aromatic rings. The number of para-hydroxylation sites is 1. The summed E-state index contributed by atoms with van der Waals surface area (Å²) in [6.45, 7) is 2.99. The largest absolute Gasteiger partial charge is 0.508 e. The molecule has 0 aliphatic heterocycles. The van der Waals surface area contributed by atoms with Crippen LogP contribution in [0.1, 0.15) is 18.9 Å². The van der Waals surface area contributed by atoms with Crippen LogP contribution in [0, 0.1) is 0 Å². The number of carbonyl (C=O) groups excluding carboxylic acids is 1. The third kappa shape index (κ3) is 4.21. The number of hydrogen-bond acceptors (Lipinski definition) is 3. The Hall–Kier alpha value is -2.56. The molecule has 5 nitrogen and oxygen atoms in total. The first-order valence-corrected chi connectivity index (χ1v) is 6.93. The van der Waals surface area contributed by atoms with Crippen molar-refractivity contribution in [3.63, 3.8) is 0 Å². The van der Waals surface area contributed by atoms with Crippen LogP contribution >= 0.6 is 0 Å². The molecule has 0 aliphatic rings. The van der Waals surface area contributed by atoms with E-state index in [9.17, 15) is 9.90 Å². The van der Waals surface area contributed by atoms with Gasteiger partial charge in [0.05, 0.1) is 18.4 Å². The molecule has 0 bridgehead atoms. The Morgan fingerprint density at radius 2 is 2.10 bits per heavy atom. The highest BCUT2D eigenvalue weighted by Gasteiger charge is 2.14. The lowest BCUT2D eigenvalue weighted by Gasteiger charge is -2.23. The van der Waals surface area contributed by atoms with Crippen molar-refractivity contribution in [2.24, 2.45) is 0 Å². The highest BCUT2D eigenvalue weighted by molar-refractivity contribution is 5.89. The third-order valence-corrected chi connectivity index (χ3v) is 3.05. The number of pyridine rings is 1. The highest BCUT2D eigenvalue weighted by Crippen LogP contribution is 2.18. The maximum Gasteiger partial charge on any atom is 0.322 e. The van der Waals surface area contributed by atoms with Crippen molar-refractivity contribution >= 4 is 11.7 Å². The second kappa shape index (κ2) is 7.28. The SMILES string of the molecule is CCCN(Cc1ccccc1O)C(=O)Nc1cccnc1. The number of nitrogens with zero attached hydrogens (tertiary/aromatic N) is 2. The van der Waals surface area contributed by atoms with Crippen molar-refractivity contribution in [3.05, 3.63) is 54.4 Å². The van der Waals surface area contributed by atoms with E-state index < -0.39 is 0 Å². The van der Waals surface area contributed by atoms with Crippen LogP contribution in [0.5, 0.6) is 5.75 Å². The molecule has 0 saturated carbocycles. The molecule has 2 amide bonds. The van der Waals surface area contributed by atoms with E-state index in [0.717, 1.165) is 12.0 Å². The number of anilines is 1. The predicted octanol–water partition coefficient (Wildman–Crippen LogP) is 3.23. The van der Waals surface area contributed by atoms with Gasteiger partial charge in [0.2, 0.25) is 0 Å². The van der Waals surface area contributed by atoms with Crippen molar-refractivity contribution in [1.29, 1.82) is 0 Å². The third-order valence-electron chi connectivity index (χ3n) is 3.05. The first kappa shape index (κ1) is 14.8. The zero-order valence-corrected chi connectivity index (χ0v) is 12.0. The van der Waals surface area contributed by atoms with Crippen LogP contribution in [0.15, 0.2) is 48.8 Å². The number of carbonyl (C=O) groups is 1. The van der Waals surface area contributed by atoms with Gasteiger partial charge in [-0.15, -0.1) is 0 Å². The van der Waals surface area contributed by atoms with Gasteiger partial charge in [0, 0.05) is 18.3 Å². The summed E-state index contributed by atoms with van der Waals surface area (Å²) in [5.74, 6) is 0.202. The first-order valence-electron chi connectivity index (χ1n) is 6.93. The molecule has 0 saturated heterocycles. The Kier molecular flexibility index (Phi) is 5.15. The molecule has 1 aromatic heterocycles. The molecule has 5 heteroatoms. The van der Waals surface area contributed by atoms with Crippen LogP contribution in [0.25, 0.3) is 0 Å². The summed E-state index contributed by atoms with van der Waals surface area (Å²) in [5.41, 5.74) is 1.38.